The molecule has 0 amide bonds. The molecule has 2 aliphatic rings. The maximum absolute atomic E-state index is 13.4. The molecule has 2 rings (SSSR count). The van der Waals surface area contributed by atoms with Crippen LogP contribution in [-0.2, 0) is 66.7 Å². The molecule has 0 saturated carbocycles. The van der Waals surface area contributed by atoms with Crippen LogP contribution in [0.15, 0.2) is 11.8 Å². The van der Waals surface area contributed by atoms with Crippen LogP contribution >= 0.6 is 12.2 Å². The number of hydrogen-bond donors (Lipinski definition) is 0. The average molecular weight is 630 g/mol. The molecule has 1 fully saturated rings. The molecule has 0 N–H and O–H groups in total. The van der Waals surface area contributed by atoms with Crippen molar-refractivity contribution in [2.75, 3.05) is 19.8 Å². The minimum absolute atomic E-state index is 0.0810. The third-order valence-corrected chi connectivity index (χ3v) is 6.85. The number of ketones is 1. The van der Waals surface area contributed by atoms with Gasteiger partial charge in [-0.1, -0.05) is 12.2 Å². The Morgan fingerprint density at radius 1 is 0.791 bits per heavy atom. The van der Waals surface area contributed by atoms with E-state index in [9.17, 15) is 33.6 Å². The summed E-state index contributed by atoms with van der Waals surface area (Å²) in [5.74, 6) is -6.12. The molecule has 1 saturated heterocycles. The van der Waals surface area contributed by atoms with E-state index in [2.05, 4.69) is 0 Å². The van der Waals surface area contributed by atoms with Crippen molar-refractivity contribution in [3.8, 4) is 0 Å². The largest absolute Gasteiger partial charge is 0.465 e. The van der Waals surface area contributed by atoms with Gasteiger partial charge in [0, 0.05) is 45.9 Å². The summed E-state index contributed by atoms with van der Waals surface area (Å²) in [7, 11) is 0. The third-order valence-electron chi connectivity index (χ3n) is 6.29. The van der Waals surface area contributed by atoms with Gasteiger partial charge in [-0.05, 0) is 20.8 Å². The minimum Gasteiger partial charge on any atom is -0.465 e. The van der Waals surface area contributed by atoms with E-state index in [0.717, 1.165) is 32.6 Å². The van der Waals surface area contributed by atoms with Gasteiger partial charge in [0.25, 0.3) is 0 Å². The fourth-order valence-corrected chi connectivity index (χ4v) is 4.99. The lowest BCUT2D eigenvalue weighted by atomic mass is 9.77. The Kier molecular flexibility index (Phi) is 12.3. The van der Waals surface area contributed by atoms with E-state index < -0.39 is 95.7 Å². The first-order chi connectivity index (χ1) is 20.1. The monoisotopic (exact) mass is 629 g/mol. The van der Waals surface area contributed by atoms with Crippen molar-refractivity contribution in [3.63, 3.8) is 0 Å². The topological polar surface area (TPSA) is 187 Å². The van der Waals surface area contributed by atoms with Crippen LogP contribution in [0.5, 0.6) is 0 Å². The number of nitrogens with zero attached hydrogens (tertiary/aromatic N) is 1. The minimum atomic E-state index is -2.35. The van der Waals surface area contributed by atoms with Crippen molar-refractivity contribution in [3.05, 3.63) is 11.8 Å². The van der Waals surface area contributed by atoms with Gasteiger partial charge in [-0.3, -0.25) is 33.6 Å². The summed E-state index contributed by atoms with van der Waals surface area (Å²) in [4.78, 5) is 88.4. The first-order valence-electron chi connectivity index (χ1n) is 13.3. The smallest absolute Gasteiger partial charge is 0.330 e. The summed E-state index contributed by atoms with van der Waals surface area (Å²) < 4.78 is 37.9. The number of esters is 6. The van der Waals surface area contributed by atoms with Crippen molar-refractivity contribution in [2.45, 2.75) is 85.5 Å². The zero-order valence-corrected chi connectivity index (χ0v) is 25.7. The molecule has 0 spiro atoms. The van der Waals surface area contributed by atoms with E-state index in [4.69, 9.17) is 45.4 Å². The number of Topliss-reactive ketones (excluding diaryl/α,β-unsaturated/α-hetero) is 1. The molecule has 2 aliphatic heterocycles. The van der Waals surface area contributed by atoms with Gasteiger partial charge in [-0.15, -0.1) is 0 Å². The number of ether oxygens (including phenoxy) is 7. The molecular weight excluding hydrogens is 594 g/mol. The fraction of sp³-hybridized carbons (Fsp3) is 0.630. The fourth-order valence-electron chi connectivity index (χ4n) is 4.60. The highest BCUT2D eigenvalue weighted by Gasteiger charge is 2.61. The molecule has 43 heavy (non-hydrogen) atoms. The number of hydrogen-bond acceptors (Lipinski definition) is 15. The van der Waals surface area contributed by atoms with Crippen LogP contribution in [0, 0.1) is 5.41 Å². The Morgan fingerprint density at radius 3 is 1.72 bits per heavy atom. The van der Waals surface area contributed by atoms with Gasteiger partial charge < -0.3 is 38.1 Å². The molecule has 15 nitrogen and oxygen atoms in total. The number of carbonyl (C=O) groups is 7. The summed E-state index contributed by atoms with van der Waals surface area (Å²) in [6, 6.07) is 0. The second-order valence-corrected chi connectivity index (χ2v) is 9.92. The maximum Gasteiger partial charge on any atom is 0.330 e. The van der Waals surface area contributed by atoms with Crippen molar-refractivity contribution < 1.29 is 66.7 Å². The SMILES string of the molecule is CCOC(=O)C1(C(=O)OCC)CC(C(C)=O)=CN([C@@H]2O[C@H](COC(C)=O)[C@@H](OC(C)=O)[C@H](OC(C)=O)[C@H]2OC(C)=O)C1=S. The zero-order valence-electron chi connectivity index (χ0n) is 24.9. The highest BCUT2D eigenvalue weighted by molar-refractivity contribution is 7.80. The number of allylic oxidation sites excluding steroid dienone is 1. The first-order valence-corrected chi connectivity index (χ1v) is 13.7. The summed E-state index contributed by atoms with van der Waals surface area (Å²) in [6.45, 7) is 7.61. The van der Waals surface area contributed by atoms with Crippen LogP contribution in [0.1, 0.15) is 54.9 Å². The predicted molar refractivity (Wildman–Crippen MR) is 145 cm³/mol. The van der Waals surface area contributed by atoms with Crippen LogP contribution in [0.3, 0.4) is 0 Å². The van der Waals surface area contributed by atoms with Gasteiger partial charge in [0.2, 0.25) is 5.41 Å². The van der Waals surface area contributed by atoms with E-state index in [1.165, 1.54) is 27.0 Å². The molecule has 0 aromatic carbocycles. The molecule has 0 bridgehead atoms. The Morgan fingerprint density at radius 2 is 1.28 bits per heavy atom. The summed E-state index contributed by atoms with van der Waals surface area (Å²) >= 11 is 5.67. The standard InChI is InChI=1S/C27H35NO14S/c1-8-36-25(34)27(26(35)37-9-2)10-18(13(3)29)11-28(24(27)43)23-22(41-17(7)33)21(40-16(6)32)20(39-15(5)31)19(42-23)12-38-14(4)30/h11,19-23H,8-10,12H2,1-7H3/t19-,20-,21+,22-,23-/m1/s1. The molecular formula is C27H35NO14S. The number of thiocarbonyl (C=S) groups is 1. The van der Waals surface area contributed by atoms with Crippen molar-refractivity contribution in [2.24, 2.45) is 5.41 Å². The Bertz CT molecular complexity index is 1180. The maximum atomic E-state index is 13.4. The molecule has 2 heterocycles. The van der Waals surface area contributed by atoms with Crippen molar-refractivity contribution in [1.82, 2.24) is 4.90 Å². The zero-order chi connectivity index (χ0) is 32.6. The third kappa shape index (κ3) is 8.13. The van der Waals surface area contributed by atoms with Crippen LogP contribution in [-0.4, -0.2) is 102 Å². The number of rotatable bonds is 11. The van der Waals surface area contributed by atoms with E-state index >= 15 is 0 Å². The van der Waals surface area contributed by atoms with E-state index in [1.54, 1.807) is 0 Å². The molecule has 0 aromatic rings. The average Bonchev–Trinajstić information content (AvgIpc) is 2.89. The van der Waals surface area contributed by atoms with Gasteiger partial charge in [0.05, 0.1) is 13.2 Å². The quantitative estimate of drug-likeness (QED) is 0.134. The van der Waals surface area contributed by atoms with E-state index in [-0.39, 0.29) is 18.8 Å². The second kappa shape index (κ2) is 15.0. The molecule has 0 aromatic heterocycles. The molecule has 0 aliphatic carbocycles. The molecule has 0 radical (unpaired) electrons. The normalized spacial score (nSPS) is 24.5. The Balaban J connectivity index is 2.86. The highest BCUT2D eigenvalue weighted by Crippen LogP contribution is 2.41. The summed E-state index contributed by atoms with van der Waals surface area (Å²) in [6.07, 6.45) is -7.01. The van der Waals surface area contributed by atoms with Gasteiger partial charge in [-0.25, -0.2) is 0 Å². The van der Waals surface area contributed by atoms with Crippen molar-refractivity contribution in [1.29, 1.82) is 0 Å². The Labute approximate surface area is 253 Å². The van der Waals surface area contributed by atoms with Crippen LogP contribution in [0.4, 0.5) is 0 Å². The molecule has 16 heteroatoms. The predicted octanol–water partition coefficient (Wildman–Crippen LogP) is 0.688. The van der Waals surface area contributed by atoms with E-state index in [1.807, 2.05) is 0 Å². The highest BCUT2D eigenvalue weighted by atomic mass is 32.1. The molecule has 5 atom stereocenters. The van der Waals surface area contributed by atoms with Crippen molar-refractivity contribution >= 4 is 58.8 Å². The summed E-state index contributed by atoms with van der Waals surface area (Å²) in [5.41, 5.74) is -2.43. The van der Waals surface area contributed by atoms with Crippen LogP contribution < -0.4 is 0 Å². The number of carbonyl (C=O) groups excluding carboxylic acids is 7. The lowest BCUT2D eigenvalue weighted by Gasteiger charge is -2.50. The Hall–Kier alpha value is -3.92. The molecule has 238 valence electrons. The van der Waals surface area contributed by atoms with Gasteiger partial charge in [-0.2, -0.15) is 0 Å². The van der Waals surface area contributed by atoms with Gasteiger partial charge in [0.15, 0.2) is 30.3 Å². The van der Waals surface area contributed by atoms with Gasteiger partial charge in [0.1, 0.15) is 17.7 Å². The van der Waals surface area contributed by atoms with Gasteiger partial charge >= 0.3 is 35.8 Å². The first kappa shape index (κ1) is 35.3. The molecule has 0 unspecified atom stereocenters. The summed E-state index contributed by atoms with van der Waals surface area (Å²) in [5, 5.41) is 0. The van der Waals surface area contributed by atoms with E-state index in [0.29, 0.717) is 0 Å². The lowest BCUT2D eigenvalue weighted by Crippen LogP contribution is -2.68. The second-order valence-electron chi connectivity index (χ2n) is 9.54. The van der Waals surface area contributed by atoms with Crippen LogP contribution in [0.2, 0.25) is 0 Å². The lowest BCUT2D eigenvalue weighted by molar-refractivity contribution is -0.268. The van der Waals surface area contributed by atoms with Crippen LogP contribution in [0.25, 0.3) is 0 Å².